The number of pyridine rings is 1. The van der Waals surface area contributed by atoms with Crippen LogP contribution in [0.3, 0.4) is 0 Å². The Kier molecular flexibility index (Phi) is 5.13. The number of rotatable bonds is 3. The van der Waals surface area contributed by atoms with Gasteiger partial charge in [-0.2, -0.15) is 13.2 Å². The Hall–Kier alpha value is -2.61. The molecule has 0 unspecified atom stereocenters. The monoisotopic (exact) mass is 364 g/mol. The van der Waals surface area contributed by atoms with Gasteiger partial charge in [0.15, 0.2) is 0 Å². The number of halogens is 3. The van der Waals surface area contributed by atoms with Gasteiger partial charge in [0.05, 0.1) is 28.7 Å². The van der Waals surface area contributed by atoms with Crippen molar-refractivity contribution in [3.63, 3.8) is 0 Å². The van der Waals surface area contributed by atoms with Crippen LogP contribution >= 0.6 is 0 Å². The number of likely N-dealkylation sites (N-methyl/N-ethyl adjacent to an activating group) is 1. The highest BCUT2D eigenvalue weighted by Crippen LogP contribution is 2.35. The number of carbonyl (C=O) groups excluding carboxylic acids is 1. The minimum absolute atomic E-state index is 0.0778. The van der Waals surface area contributed by atoms with Crippen molar-refractivity contribution in [1.29, 1.82) is 0 Å². The first-order valence-corrected chi connectivity index (χ1v) is 8.21. The second-order valence-electron chi connectivity index (χ2n) is 6.23. The first-order chi connectivity index (χ1) is 12.3. The Bertz CT molecular complexity index is 786. The molecule has 5 nitrogen and oxygen atoms in total. The van der Waals surface area contributed by atoms with Crippen LogP contribution in [-0.2, 0) is 6.18 Å². The average molecular weight is 364 g/mol. The van der Waals surface area contributed by atoms with E-state index in [1.165, 1.54) is 36.7 Å². The van der Waals surface area contributed by atoms with Gasteiger partial charge in [-0.25, -0.2) is 0 Å². The van der Waals surface area contributed by atoms with E-state index < -0.39 is 11.7 Å². The Balaban J connectivity index is 1.79. The van der Waals surface area contributed by atoms with Crippen LogP contribution in [0.15, 0.2) is 42.7 Å². The molecular weight excluding hydrogens is 345 g/mol. The molecule has 3 rings (SSSR count). The van der Waals surface area contributed by atoms with Crippen molar-refractivity contribution in [2.24, 2.45) is 0 Å². The van der Waals surface area contributed by atoms with E-state index in [9.17, 15) is 18.0 Å². The summed E-state index contributed by atoms with van der Waals surface area (Å²) in [5, 5.41) is 2.72. The van der Waals surface area contributed by atoms with Crippen LogP contribution in [0.1, 0.15) is 15.9 Å². The molecule has 2 aromatic rings. The first-order valence-electron chi connectivity index (χ1n) is 8.21. The highest BCUT2D eigenvalue weighted by atomic mass is 19.4. The van der Waals surface area contributed by atoms with Crippen LogP contribution in [0, 0.1) is 0 Å². The Morgan fingerprint density at radius 3 is 2.50 bits per heavy atom. The van der Waals surface area contributed by atoms with Crippen molar-refractivity contribution < 1.29 is 18.0 Å². The molecule has 1 amide bonds. The number of aromatic nitrogens is 1. The molecule has 1 aromatic heterocycles. The van der Waals surface area contributed by atoms with Gasteiger partial charge in [0, 0.05) is 32.4 Å². The Labute approximate surface area is 149 Å². The standard InChI is InChI=1S/C18H19F3N4O/c1-24-6-8-25(9-7-24)17(26)13-10-14(12-22-11-13)23-16-5-3-2-4-15(16)18(19,20)21/h2-5,10-12,23H,6-9H2,1H3. The summed E-state index contributed by atoms with van der Waals surface area (Å²) in [5.74, 6) is -0.168. The number of piperazine rings is 1. The zero-order valence-corrected chi connectivity index (χ0v) is 14.3. The third-order valence-corrected chi connectivity index (χ3v) is 4.29. The largest absolute Gasteiger partial charge is 0.418 e. The number of para-hydroxylation sites is 1. The summed E-state index contributed by atoms with van der Waals surface area (Å²) in [4.78, 5) is 20.5. The molecule has 1 aromatic carbocycles. The molecule has 138 valence electrons. The van der Waals surface area contributed by atoms with Crippen LogP contribution < -0.4 is 5.32 Å². The van der Waals surface area contributed by atoms with E-state index in [1.54, 1.807) is 4.90 Å². The Morgan fingerprint density at radius 1 is 1.12 bits per heavy atom. The summed E-state index contributed by atoms with van der Waals surface area (Å²) in [5.41, 5.74) is -0.160. The SMILES string of the molecule is CN1CCN(C(=O)c2cncc(Nc3ccccc3C(F)(F)F)c2)CC1. The van der Waals surface area contributed by atoms with E-state index in [2.05, 4.69) is 15.2 Å². The number of hydrogen-bond acceptors (Lipinski definition) is 4. The number of anilines is 2. The molecule has 0 spiro atoms. The second kappa shape index (κ2) is 7.33. The summed E-state index contributed by atoms with van der Waals surface area (Å²) in [7, 11) is 1.99. The van der Waals surface area contributed by atoms with E-state index in [4.69, 9.17) is 0 Å². The lowest BCUT2D eigenvalue weighted by Crippen LogP contribution is -2.47. The van der Waals surface area contributed by atoms with Gasteiger partial charge in [-0.15, -0.1) is 0 Å². The van der Waals surface area contributed by atoms with Crippen molar-refractivity contribution in [3.05, 3.63) is 53.9 Å². The smallest absolute Gasteiger partial charge is 0.354 e. The lowest BCUT2D eigenvalue weighted by molar-refractivity contribution is -0.136. The van der Waals surface area contributed by atoms with E-state index in [-0.39, 0.29) is 11.6 Å². The molecule has 2 heterocycles. The molecule has 1 fully saturated rings. The second-order valence-corrected chi connectivity index (χ2v) is 6.23. The topological polar surface area (TPSA) is 48.5 Å². The lowest BCUT2D eigenvalue weighted by atomic mass is 10.1. The maximum Gasteiger partial charge on any atom is 0.418 e. The van der Waals surface area contributed by atoms with Gasteiger partial charge >= 0.3 is 6.18 Å². The van der Waals surface area contributed by atoms with Gasteiger partial charge in [-0.05, 0) is 25.2 Å². The molecule has 0 saturated carbocycles. The summed E-state index contributed by atoms with van der Waals surface area (Å²) >= 11 is 0. The number of alkyl halides is 3. The van der Waals surface area contributed by atoms with Crippen LogP contribution in [0.25, 0.3) is 0 Å². The minimum Gasteiger partial charge on any atom is -0.354 e. The van der Waals surface area contributed by atoms with E-state index in [0.29, 0.717) is 24.3 Å². The maximum atomic E-state index is 13.1. The highest BCUT2D eigenvalue weighted by molar-refractivity contribution is 5.95. The lowest BCUT2D eigenvalue weighted by Gasteiger charge is -2.32. The molecule has 1 saturated heterocycles. The summed E-state index contributed by atoms with van der Waals surface area (Å²) in [6.45, 7) is 2.81. The van der Waals surface area contributed by atoms with Crippen molar-refractivity contribution in [2.75, 3.05) is 38.5 Å². The van der Waals surface area contributed by atoms with Crippen LogP contribution in [-0.4, -0.2) is 53.9 Å². The Morgan fingerprint density at radius 2 is 1.81 bits per heavy atom. The van der Waals surface area contributed by atoms with Gasteiger partial charge in [-0.1, -0.05) is 12.1 Å². The predicted octanol–water partition coefficient (Wildman–Crippen LogP) is 3.23. The van der Waals surface area contributed by atoms with Gasteiger partial charge in [0.1, 0.15) is 0 Å². The normalized spacial score (nSPS) is 15.8. The number of nitrogens with zero attached hydrogens (tertiary/aromatic N) is 3. The summed E-state index contributed by atoms with van der Waals surface area (Å²) in [6.07, 6.45) is -1.64. The van der Waals surface area contributed by atoms with Crippen LogP contribution in [0.5, 0.6) is 0 Å². The van der Waals surface area contributed by atoms with Gasteiger partial charge in [0.25, 0.3) is 5.91 Å². The number of amides is 1. The third-order valence-electron chi connectivity index (χ3n) is 4.29. The number of hydrogen-bond donors (Lipinski definition) is 1. The van der Waals surface area contributed by atoms with E-state index in [0.717, 1.165) is 19.2 Å². The van der Waals surface area contributed by atoms with Crippen LogP contribution in [0.4, 0.5) is 24.5 Å². The minimum atomic E-state index is -4.47. The molecule has 0 radical (unpaired) electrons. The molecule has 0 bridgehead atoms. The number of nitrogens with one attached hydrogen (secondary N) is 1. The fourth-order valence-corrected chi connectivity index (χ4v) is 2.81. The maximum absolute atomic E-state index is 13.1. The molecule has 0 atom stereocenters. The van der Waals surface area contributed by atoms with Gasteiger partial charge < -0.3 is 15.1 Å². The molecule has 8 heteroatoms. The van der Waals surface area contributed by atoms with Gasteiger partial charge in [0.2, 0.25) is 0 Å². The average Bonchev–Trinajstić information content (AvgIpc) is 2.61. The molecule has 1 N–H and O–H groups in total. The fourth-order valence-electron chi connectivity index (χ4n) is 2.81. The molecule has 0 aliphatic carbocycles. The number of carbonyl (C=O) groups is 1. The van der Waals surface area contributed by atoms with Crippen molar-refractivity contribution in [1.82, 2.24) is 14.8 Å². The predicted molar refractivity (Wildman–Crippen MR) is 92.4 cm³/mol. The fraction of sp³-hybridized carbons (Fsp3) is 0.333. The molecular formula is C18H19F3N4O. The highest BCUT2D eigenvalue weighted by Gasteiger charge is 2.33. The van der Waals surface area contributed by atoms with Gasteiger partial charge in [-0.3, -0.25) is 9.78 Å². The summed E-state index contributed by atoms with van der Waals surface area (Å²) < 4.78 is 39.3. The summed E-state index contributed by atoms with van der Waals surface area (Å²) in [6, 6.07) is 6.73. The van der Waals surface area contributed by atoms with E-state index >= 15 is 0 Å². The third kappa shape index (κ3) is 4.13. The zero-order valence-electron chi connectivity index (χ0n) is 14.3. The quantitative estimate of drug-likeness (QED) is 0.909. The molecule has 1 aliphatic rings. The molecule has 26 heavy (non-hydrogen) atoms. The van der Waals surface area contributed by atoms with E-state index in [1.807, 2.05) is 7.05 Å². The van der Waals surface area contributed by atoms with Crippen molar-refractivity contribution in [2.45, 2.75) is 6.18 Å². The van der Waals surface area contributed by atoms with Crippen molar-refractivity contribution >= 4 is 17.3 Å². The zero-order chi connectivity index (χ0) is 18.7. The first kappa shape index (κ1) is 18.2. The number of benzene rings is 1. The van der Waals surface area contributed by atoms with Crippen LogP contribution in [0.2, 0.25) is 0 Å². The van der Waals surface area contributed by atoms with Crippen molar-refractivity contribution in [3.8, 4) is 0 Å². The molecule has 1 aliphatic heterocycles.